The van der Waals surface area contributed by atoms with Gasteiger partial charge in [0, 0.05) is 5.56 Å². The number of rotatable bonds is 4. The molecule has 7 nitrogen and oxygen atoms in total. The Labute approximate surface area is 179 Å². The summed E-state index contributed by atoms with van der Waals surface area (Å²) in [4.78, 5) is 11.5. The zero-order valence-electron chi connectivity index (χ0n) is 16.9. The molecule has 0 spiro atoms. The predicted octanol–water partition coefficient (Wildman–Crippen LogP) is 4.38. The van der Waals surface area contributed by atoms with E-state index in [4.69, 9.17) is 9.47 Å². The van der Waals surface area contributed by atoms with Crippen molar-refractivity contribution in [1.29, 1.82) is 0 Å². The summed E-state index contributed by atoms with van der Waals surface area (Å²) in [5, 5.41) is 16.2. The molecule has 0 aliphatic carbocycles. The largest absolute Gasteiger partial charge is 0.496 e. The highest BCUT2D eigenvalue weighted by atomic mass is 19.4. The molecule has 2 atom stereocenters. The predicted molar refractivity (Wildman–Crippen MR) is 102 cm³/mol. The normalized spacial score (nSPS) is 17.9. The standard InChI is InChI=1S/C21H17F4N3O4/c1-10-12(4-3-5-15(10)31-2)18-13-8-11(22)6-7-14(13)28-19(16(32-18)9-17(29)30)26-27-20(28)21(23,24)25/h3-8,16,18H,9H2,1-2H3,(H,29,30). The fourth-order valence-corrected chi connectivity index (χ4v) is 3.84. The molecule has 4 rings (SSSR count). The van der Waals surface area contributed by atoms with Crippen LogP contribution in [0.25, 0.3) is 5.69 Å². The second kappa shape index (κ2) is 7.90. The maximum Gasteiger partial charge on any atom is 0.452 e. The fourth-order valence-electron chi connectivity index (χ4n) is 3.84. The number of fused-ring (bicyclic) bond motifs is 3. The number of methoxy groups -OCH3 is 1. The van der Waals surface area contributed by atoms with E-state index in [0.717, 1.165) is 12.1 Å². The smallest absolute Gasteiger partial charge is 0.452 e. The van der Waals surface area contributed by atoms with E-state index in [1.807, 2.05) is 0 Å². The first-order valence-corrected chi connectivity index (χ1v) is 9.45. The van der Waals surface area contributed by atoms with Crippen molar-refractivity contribution in [3.8, 4) is 11.4 Å². The summed E-state index contributed by atoms with van der Waals surface area (Å²) in [5.41, 5.74) is 1.11. The molecule has 0 radical (unpaired) electrons. The minimum atomic E-state index is -4.89. The Morgan fingerprint density at radius 3 is 2.62 bits per heavy atom. The van der Waals surface area contributed by atoms with Gasteiger partial charge in [0.15, 0.2) is 5.82 Å². The van der Waals surface area contributed by atoms with Gasteiger partial charge in [-0.1, -0.05) is 12.1 Å². The maximum absolute atomic E-state index is 14.3. The third kappa shape index (κ3) is 3.68. The molecule has 0 saturated carbocycles. The number of hydrogen-bond acceptors (Lipinski definition) is 5. The minimum Gasteiger partial charge on any atom is -0.496 e. The van der Waals surface area contributed by atoms with Gasteiger partial charge in [0.1, 0.15) is 23.8 Å². The van der Waals surface area contributed by atoms with Crippen molar-refractivity contribution in [2.75, 3.05) is 7.11 Å². The molecule has 0 bridgehead atoms. The summed E-state index contributed by atoms with van der Waals surface area (Å²) in [7, 11) is 1.46. The van der Waals surface area contributed by atoms with Crippen LogP contribution < -0.4 is 4.74 Å². The summed E-state index contributed by atoms with van der Waals surface area (Å²) in [6, 6.07) is 8.24. The molecular formula is C21H17F4N3O4. The molecular weight excluding hydrogens is 434 g/mol. The first-order valence-electron chi connectivity index (χ1n) is 9.45. The maximum atomic E-state index is 14.3. The number of aromatic nitrogens is 3. The Morgan fingerprint density at radius 1 is 1.22 bits per heavy atom. The van der Waals surface area contributed by atoms with Crippen LogP contribution in [0.3, 0.4) is 0 Å². The molecule has 0 saturated heterocycles. The van der Waals surface area contributed by atoms with Gasteiger partial charge in [0.2, 0.25) is 5.82 Å². The van der Waals surface area contributed by atoms with Gasteiger partial charge < -0.3 is 14.6 Å². The quantitative estimate of drug-likeness (QED) is 0.593. The van der Waals surface area contributed by atoms with Crippen molar-refractivity contribution in [3.05, 3.63) is 70.6 Å². The fraction of sp³-hybridized carbons (Fsp3) is 0.286. The van der Waals surface area contributed by atoms with E-state index in [2.05, 4.69) is 10.2 Å². The van der Waals surface area contributed by atoms with Crippen LogP contribution in [0.15, 0.2) is 36.4 Å². The van der Waals surface area contributed by atoms with Crippen LogP contribution in [-0.4, -0.2) is 33.0 Å². The Kier molecular flexibility index (Phi) is 5.37. The van der Waals surface area contributed by atoms with Gasteiger partial charge in [0.25, 0.3) is 0 Å². The molecule has 0 fully saturated rings. The first-order chi connectivity index (χ1) is 15.1. The van der Waals surface area contributed by atoms with Crippen molar-refractivity contribution in [2.24, 2.45) is 0 Å². The Morgan fingerprint density at radius 2 is 1.97 bits per heavy atom. The Hall–Kier alpha value is -3.47. The van der Waals surface area contributed by atoms with Gasteiger partial charge in [-0.15, -0.1) is 10.2 Å². The molecule has 32 heavy (non-hydrogen) atoms. The summed E-state index contributed by atoms with van der Waals surface area (Å²) in [5.74, 6) is -3.22. The zero-order valence-corrected chi connectivity index (χ0v) is 16.9. The van der Waals surface area contributed by atoms with Crippen molar-refractivity contribution < 1.29 is 36.9 Å². The summed E-state index contributed by atoms with van der Waals surface area (Å²) in [6.07, 6.45) is -8.05. The lowest BCUT2D eigenvalue weighted by atomic mass is 9.95. The monoisotopic (exact) mass is 451 g/mol. The van der Waals surface area contributed by atoms with Crippen LogP contribution in [0, 0.1) is 12.7 Å². The summed E-state index contributed by atoms with van der Waals surface area (Å²) >= 11 is 0. The van der Waals surface area contributed by atoms with Crippen molar-refractivity contribution in [3.63, 3.8) is 0 Å². The SMILES string of the molecule is COc1cccc(C2OC(CC(=O)O)c3nnc(C(F)(F)F)n3-c3ccc(F)cc32)c1C. The summed E-state index contributed by atoms with van der Waals surface area (Å²) in [6.45, 7) is 1.72. The third-order valence-electron chi connectivity index (χ3n) is 5.23. The van der Waals surface area contributed by atoms with Gasteiger partial charge in [0.05, 0.1) is 19.2 Å². The van der Waals surface area contributed by atoms with Crippen LogP contribution in [-0.2, 0) is 15.7 Å². The van der Waals surface area contributed by atoms with Crippen molar-refractivity contribution in [1.82, 2.24) is 14.8 Å². The number of alkyl halides is 3. The topological polar surface area (TPSA) is 86.5 Å². The third-order valence-corrected chi connectivity index (χ3v) is 5.23. The molecule has 2 unspecified atom stereocenters. The average Bonchev–Trinajstić information content (AvgIpc) is 3.12. The van der Waals surface area contributed by atoms with E-state index in [1.54, 1.807) is 25.1 Å². The number of halogens is 4. The molecule has 2 heterocycles. The highest BCUT2D eigenvalue weighted by Crippen LogP contribution is 2.44. The van der Waals surface area contributed by atoms with Gasteiger partial charge in [-0.05, 0) is 42.3 Å². The van der Waals surface area contributed by atoms with E-state index in [9.17, 15) is 27.5 Å². The molecule has 168 valence electrons. The highest BCUT2D eigenvalue weighted by Gasteiger charge is 2.43. The molecule has 1 aromatic heterocycles. The van der Waals surface area contributed by atoms with E-state index in [1.165, 1.54) is 13.2 Å². The van der Waals surface area contributed by atoms with Crippen LogP contribution >= 0.6 is 0 Å². The van der Waals surface area contributed by atoms with Gasteiger partial charge >= 0.3 is 12.1 Å². The Bertz CT molecular complexity index is 1190. The number of benzene rings is 2. The molecule has 1 aliphatic rings. The van der Waals surface area contributed by atoms with Gasteiger partial charge in [-0.25, -0.2) is 4.39 Å². The number of carbonyl (C=O) groups is 1. The lowest BCUT2D eigenvalue weighted by Crippen LogP contribution is -2.17. The molecule has 1 aliphatic heterocycles. The zero-order chi connectivity index (χ0) is 23.2. The lowest BCUT2D eigenvalue weighted by Gasteiger charge is -2.24. The van der Waals surface area contributed by atoms with Crippen LogP contribution in [0.5, 0.6) is 5.75 Å². The number of carboxylic acids is 1. The molecule has 0 amide bonds. The minimum absolute atomic E-state index is 0.0566. The lowest BCUT2D eigenvalue weighted by molar-refractivity contribution is -0.146. The second-order valence-corrected chi connectivity index (χ2v) is 7.20. The molecule has 1 N–H and O–H groups in total. The number of nitrogens with zero attached hydrogens (tertiary/aromatic N) is 3. The van der Waals surface area contributed by atoms with Crippen LogP contribution in [0.4, 0.5) is 17.6 Å². The van der Waals surface area contributed by atoms with Crippen molar-refractivity contribution in [2.45, 2.75) is 31.7 Å². The number of aliphatic carboxylic acids is 1. The van der Waals surface area contributed by atoms with E-state index in [0.29, 0.717) is 21.4 Å². The van der Waals surface area contributed by atoms with E-state index in [-0.39, 0.29) is 17.1 Å². The van der Waals surface area contributed by atoms with Crippen LogP contribution in [0.2, 0.25) is 0 Å². The second-order valence-electron chi connectivity index (χ2n) is 7.20. The van der Waals surface area contributed by atoms with Gasteiger partial charge in [-0.3, -0.25) is 9.36 Å². The number of carboxylic acid groups (broad SMARTS) is 1. The molecule has 3 aromatic rings. The highest BCUT2D eigenvalue weighted by molar-refractivity contribution is 5.67. The number of hydrogen-bond donors (Lipinski definition) is 1. The van der Waals surface area contributed by atoms with Crippen molar-refractivity contribution >= 4 is 5.97 Å². The van der Waals surface area contributed by atoms with Gasteiger partial charge in [-0.2, -0.15) is 13.2 Å². The van der Waals surface area contributed by atoms with E-state index < -0.39 is 42.4 Å². The number of ether oxygens (including phenoxy) is 2. The average molecular weight is 451 g/mol. The Balaban J connectivity index is 2.03. The summed E-state index contributed by atoms with van der Waals surface area (Å²) < 4.78 is 67.5. The molecule has 11 heteroatoms. The molecule has 2 aromatic carbocycles. The van der Waals surface area contributed by atoms with Crippen LogP contribution in [0.1, 0.15) is 47.0 Å². The van der Waals surface area contributed by atoms with E-state index >= 15 is 0 Å². The first kappa shape index (κ1) is 21.8.